The third kappa shape index (κ3) is 4.08. The van der Waals surface area contributed by atoms with Gasteiger partial charge in [0.05, 0.1) is 12.1 Å². The fraction of sp³-hybridized carbons (Fsp3) is 0.240. The molecule has 0 amide bonds. The smallest absolute Gasteiger partial charge is 0.157 e. The summed E-state index contributed by atoms with van der Waals surface area (Å²) in [4.78, 5) is 0. The topological polar surface area (TPSA) is 39.7 Å². The zero-order valence-electron chi connectivity index (χ0n) is 16.1. The third-order valence-electron chi connectivity index (χ3n) is 5.44. The summed E-state index contributed by atoms with van der Waals surface area (Å²) < 4.78 is 19.1. The molecule has 3 aromatic carbocycles. The van der Waals surface area contributed by atoms with Gasteiger partial charge in [0.15, 0.2) is 12.2 Å². The van der Waals surface area contributed by atoms with E-state index in [-0.39, 0.29) is 24.4 Å². The fourth-order valence-corrected chi connectivity index (χ4v) is 4.16. The molecule has 0 aliphatic carbocycles. The van der Waals surface area contributed by atoms with E-state index < -0.39 is 0 Å². The van der Waals surface area contributed by atoms with Gasteiger partial charge in [-0.3, -0.25) is 5.32 Å². The molecule has 1 N–H and O–H groups in total. The Morgan fingerprint density at radius 3 is 1.72 bits per heavy atom. The molecule has 0 aromatic heterocycles. The van der Waals surface area contributed by atoms with Crippen LogP contribution >= 0.6 is 0 Å². The molecule has 29 heavy (non-hydrogen) atoms. The van der Waals surface area contributed by atoms with Crippen LogP contribution in [0.5, 0.6) is 17.2 Å². The van der Waals surface area contributed by atoms with Crippen LogP contribution in [0.15, 0.2) is 91.0 Å². The number of benzene rings is 3. The van der Waals surface area contributed by atoms with Crippen molar-refractivity contribution >= 4 is 0 Å². The quantitative estimate of drug-likeness (QED) is 0.671. The first kappa shape index (κ1) is 18.1. The van der Waals surface area contributed by atoms with Gasteiger partial charge in [-0.1, -0.05) is 54.6 Å². The van der Waals surface area contributed by atoms with Crippen molar-refractivity contribution in [2.75, 3.05) is 0 Å². The zero-order valence-corrected chi connectivity index (χ0v) is 16.1. The largest absolute Gasteiger partial charge is 0.490 e. The number of ether oxygens (including phenoxy) is 3. The van der Waals surface area contributed by atoms with E-state index in [9.17, 15) is 0 Å². The first-order chi connectivity index (χ1) is 14.3. The van der Waals surface area contributed by atoms with Crippen molar-refractivity contribution in [3.8, 4) is 17.2 Å². The van der Waals surface area contributed by atoms with Crippen LogP contribution in [-0.4, -0.2) is 24.4 Å². The van der Waals surface area contributed by atoms with Crippen LogP contribution in [0.2, 0.25) is 0 Å². The minimum absolute atomic E-state index is 0.102. The average molecular weight is 386 g/mol. The van der Waals surface area contributed by atoms with E-state index in [2.05, 4.69) is 5.32 Å². The molecule has 2 aliphatic heterocycles. The minimum Gasteiger partial charge on any atom is -0.490 e. The Bertz CT molecular complexity index is 848. The zero-order chi connectivity index (χ0) is 19.5. The van der Waals surface area contributed by atoms with Crippen molar-refractivity contribution in [1.82, 2.24) is 5.32 Å². The highest BCUT2D eigenvalue weighted by Gasteiger charge is 2.52. The molecule has 1 radical (unpaired) electrons. The van der Waals surface area contributed by atoms with Crippen molar-refractivity contribution in [3.05, 3.63) is 97.0 Å². The summed E-state index contributed by atoms with van der Waals surface area (Å²) in [5.74, 6) is 2.61. The van der Waals surface area contributed by atoms with Crippen LogP contribution in [0.25, 0.3) is 0 Å². The van der Waals surface area contributed by atoms with Gasteiger partial charge in [0.2, 0.25) is 0 Å². The maximum absolute atomic E-state index is 6.41. The summed E-state index contributed by atoms with van der Waals surface area (Å²) in [5.41, 5.74) is 0. The number of hydrogen-bond acceptors (Lipinski definition) is 4. The van der Waals surface area contributed by atoms with E-state index in [0.717, 1.165) is 36.1 Å². The van der Waals surface area contributed by atoms with Gasteiger partial charge in [-0.05, 0) is 36.4 Å². The summed E-state index contributed by atoms with van der Waals surface area (Å²) in [5, 5.41) is 3.63. The molecule has 4 heteroatoms. The van der Waals surface area contributed by atoms with Gasteiger partial charge in [0.1, 0.15) is 23.4 Å². The number of piperidine rings is 1. The average Bonchev–Trinajstić information content (AvgIpc) is 3.00. The molecule has 2 aliphatic rings. The Morgan fingerprint density at radius 2 is 1.14 bits per heavy atom. The Kier molecular flexibility index (Phi) is 5.10. The molecular weight excluding hydrogens is 362 g/mol. The summed E-state index contributed by atoms with van der Waals surface area (Å²) in [6.45, 7) is 0. The molecular formula is C25H24NO3. The number of para-hydroxylation sites is 3. The van der Waals surface area contributed by atoms with Gasteiger partial charge in [0, 0.05) is 12.8 Å². The SMILES string of the molecule is c1ccc(OC2C[C]3NC(C2)C(Oc2ccccc2)C3Oc2ccccc2)cc1. The lowest BCUT2D eigenvalue weighted by Gasteiger charge is -2.29. The second kappa shape index (κ2) is 8.18. The van der Waals surface area contributed by atoms with Gasteiger partial charge in [-0.25, -0.2) is 0 Å². The lowest BCUT2D eigenvalue weighted by Crippen LogP contribution is -2.43. The van der Waals surface area contributed by atoms with Gasteiger partial charge in [-0.2, -0.15) is 0 Å². The molecule has 4 atom stereocenters. The van der Waals surface area contributed by atoms with Gasteiger partial charge >= 0.3 is 0 Å². The summed E-state index contributed by atoms with van der Waals surface area (Å²) in [6.07, 6.45) is 1.50. The lowest BCUT2D eigenvalue weighted by molar-refractivity contribution is 0.0753. The van der Waals surface area contributed by atoms with Crippen LogP contribution < -0.4 is 19.5 Å². The van der Waals surface area contributed by atoms with E-state index in [4.69, 9.17) is 14.2 Å². The van der Waals surface area contributed by atoms with Crippen molar-refractivity contribution in [2.45, 2.75) is 37.2 Å². The molecule has 4 unspecified atom stereocenters. The van der Waals surface area contributed by atoms with Crippen molar-refractivity contribution < 1.29 is 14.2 Å². The fourth-order valence-electron chi connectivity index (χ4n) is 4.16. The lowest BCUT2D eigenvalue weighted by atomic mass is 10.0. The number of hydrogen-bond donors (Lipinski definition) is 1. The van der Waals surface area contributed by atoms with Crippen molar-refractivity contribution in [1.29, 1.82) is 0 Å². The molecule has 2 bridgehead atoms. The third-order valence-corrected chi connectivity index (χ3v) is 5.44. The molecule has 2 fully saturated rings. The monoisotopic (exact) mass is 386 g/mol. The first-order valence-corrected chi connectivity index (χ1v) is 10.1. The Labute approximate surface area is 171 Å². The van der Waals surface area contributed by atoms with Gasteiger partial charge in [-0.15, -0.1) is 0 Å². The Morgan fingerprint density at radius 1 is 0.621 bits per heavy atom. The molecule has 0 saturated carbocycles. The van der Waals surface area contributed by atoms with Crippen LogP contribution in [-0.2, 0) is 0 Å². The summed E-state index contributed by atoms with van der Waals surface area (Å²) >= 11 is 0. The molecule has 2 saturated heterocycles. The van der Waals surface area contributed by atoms with Crippen LogP contribution in [0.4, 0.5) is 0 Å². The van der Waals surface area contributed by atoms with E-state index in [0.29, 0.717) is 0 Å². The second-order valence-corrected chi connectivity index (χ2v) is 7.52. The number of fused-ring (bicyclic) bond motifs is 2. The molecule has 4 nitrogen and oxygen atoms in total. The number of nitrogens with one attached hydrogen (secondary N) is 1. The first-order valence-electron chi connectivity index (χ1n) is 10.1. The standard InChI is InChI=1S/C25H24NO3/c1-4-10-18(11-5-1)27-21-16-22-24(28-19-12-6-2-7-13-19)25(23(17-21)26-22)29-20-14-8-3-9-15-20/h1-15,21-22,24-26H,16-17H2. The van der Waals surface area contributed by atoms with E-state index in [1.807, 2.05) is 91.0 Å². The van der Waals surface area contributed by atoms with E-state index >= 15 is 0 Å². The highest BCUT2D eigenvalue weighted by Crippen LogP contribution is 2.38. The van der Waals surface area contributed by atoms with Crippen molar-refractivity contribution in [3.63, 3.8) is 0 Å². The molecule has 5 rings (SSSR count). The maximum atomic E-state index is 6.41. The van der Waals surface area contributed by atoms with E-state index in [1.165, 1.54) is 0 Å². The van der Waals surface area contributed by atoms with Gasteiger partial charge < -0.3 is 14.2 Å². The maximum Gasteiger partial charge on any atom is 0.157 e. The van der Waals surface area contributed by atoms with Gasteiger partial charge in [0.25, 0.3) is 0 Å². The Hall–Kier alpha value is -2.98. The predicted molar refractivity (Wildman–Crippen MR) is 112 cm³/mol. The van der Waals surface area contributed by atoms with Crippen LogP contribution in [0.1, 0.15) is 12.8 Å². The molecule has 2 heterocycles. The second-order valence-electron chi connectivity index (χ2n) is 7.52. The minimum atomic E-state index is -0.160. The highest BCUT2D eigenvalue weighted by molar-refractivity contribution is 5.29. The predicted octanol–water partition coefficient (Wildman–Crippen LogP) is 4.63. The van der Waals surface area contributed by atoms with Crippen molar-refractivity contribution in [2.24, 2.45) is 0 Å². The normalized spacial score (nSPS) is 26.1. The van der Waals surface area contributed by atoms with Crippen LogP contribution in [0.3, 0.4) is 0 Å². The van der Waals surface area contributed by atoms with Crippen LogP contribution in [0, 0.1) is 6.04 Å². The molecule has 3 aromatic rings. The summed E-state index contributed by atoms with van der Waals surface area (Å²) in [6, 6.07) is 31.2. The van der Waals surface area contributed by atoms with E-state index in [1.54, 1.807) is 0 Å². The number of rotatable bonds is 6. The Balaban J connectivity index is 1.37. The molecule has 0 spiro atoms. The molecule has 147 valence electrons. The highest BCUT2D eigenvalue weighted by atomic mass is 16.5. The summed E-state index contributed by atoms with van der Waals surface area (Å²) in [7, 11) is 0.